The van der Waals surface area contributed by atoms with Crippen molar-refractivity contribution in [1.82, 2.24) is 10.2 Å². The topological polar surface area (TPSA) is 67.9 Å². The van der Waals surface area contributed by atoms with Crippen molar-refractivity contribution in [1.29, 1.82) is 0 Å². The lowest BCUT2D eigenvalue weighted by atomic mass is 10.1. The van der Waals surface area contributed by atoms with Gasteiger partial charge in [0.2, 0.25) is 5.91 Å². The summed E-state index contributed by atoms with van der Waals surface area (Å²) >= 11 is 0. The van der Waals surface area contributed by atoms with E-state index in [1.54, 1.807) is 13.2 Å². The molecule has 2 amide bonds. The standard InChI is InChI=1S/C19H26N2O4/c1-3-6-15-8-9-16(17(13-15)24-2)25-14-18(22)20-10-5-12-21-11-4-7-19(21)23/h3,8-9,13H,1,4-7,10-12,14H2,2H3,(H,20,22). The fraction of sp³-hybridized carbons (Fsp3) is 0.474. The van der Waals surface area contributed by atoms with Crippen LogP contribution in [0.5, 0.6) is 11.5 Å². The van der Waals surface area contributed by atoms with E-state index in [2.05, 4.69) is 11.9 Å². The lowest BCUT2D eigenvalue weighted by Crippen LogP contribution is -2.33. The first-order chi connectivity index (χ1) is 12.1. The maximum absolute atomic E-state index is 11.9. The van der Waals surface area contributed by atoms with Crippen LogP contribution in [0.15, 0.2) is 30.9 Å². The van der Waals surface area contributed by atoms with Gasteiger partial charge in [-0.05, 0) is 37.0 Å². The Kier molecular flexibility index (Phi) is 7.32. The van der Waals surface area contributed by atoms with Crippen molar-refractivity contribution in [2.45, 2.75) is 25.7 Å². The van der Waals surface area contributed by atoms with Gasteiger partial charge in [-0.2, -0.15) is 0 Å². The summed E-state index contributed by atoms with van der Waals surface area (Å²) in [5.41, 5.74) is 1.07. The molecule has 2 rings (SSSR count). The molecule has 6 nitrogen and oxygen atoms in total. The zero-order chi connectivity index (χ0) is 18.1. The van der Waals surface area contributed by atoms with Crippen molar-refractivity contribution < 1.29 is 19.1 Å². The summed E-state index contributed by atoms with van der Waals surface area (Å²) in [5.74, 6) is 1.15. The Hall–Kier alpha value is -2.50. The highest BCUT2D eigenvalue weighted by molar-refractivity contribution is 5.78. The van der Waals surface area contributed by atoms with E-state index < -0.39 is 0 Å². The molecule has 0 spiro atoms. The third kappa shape index (κ3) is 5.81. The van der Waals surface area contributed by atoms with Gasteiger partial charge < -0.3 is 19.7 Å². The van der Waals surface area contributed by atoms with Gasteiger partial charge in [-0.1, -0.05) is 12.1 Å². The fourth-order valence-electron chi connectivity index (χ4n) is 2.76. The SMILES string of the molecule is C=CCc1ccc(OCC(=O)NCCCN2CCCC2=O)c(OC)c1. The second kappa shape index (κ2) is 9.71. The van der Waals surface area contributed by atoms with Crippen molar-refractivity contribution >= 4 is 11.8 Å². The number of carbonyl (C=O) groups is 2. The Morgan fingerprint density at radius 2 is 2.24 bits per heavy atom. The van der Waals surface area contributed by atoms with Crippen LogP contribution in [0.2, 0.25) is 0 Å². The predicted molar refractivity (Wildman–Crippen MR) is 95.8 cm³/mol. The van der Waals surface area contributed by atoms with Gasteiger partial charge in [0.25, 0.3) is 5.91 Å². The zero-order valence-electron chi connectivity index (χ0n) is 14.8. The van der Waals surface area contributed by atoms with E-state index in [-0.39, 0.29) is 18.4 Å². The Morgan fingerprint density at radius 3 is 2.92 bits per heavy atom. The first-order valence-electron chi connectivity index (χ1n) is 8.59. The third-order valence-corrected chi connectivity index (χ3v) is 4.07. The lowest BCUT2D eigenvalue weighted by Gasteiger charge is -2.15. The van der Waals surface area contributed by atoms with Gasteiger partial charge in [-0.25, -0.2) is 0 Å². The smallest absolute Gasteiger partial charge is 0.257 e. The number of likely N-dealkylation sites (tertiary alicyclic amines) is 1. The Labute approximate surface area is 148 Å². The summed E-state index contributed by atoms with van der Waals surface area (Å²) < 4.78 is 10.8. The maximum atomic E-state index is 11.9. The molecule has 1 aliphatic rings. The van der Waals surface area contributed by atoms with E-state index in [1.165, 1.54) is 0 Å². The highest BCUT2D eigenvalue weighted by atomic mass is 16.5. The number of nitrogens with one attached hydrogen (secondary N) is 1. The fourth-order valence-corrected chi connectivity index (χ4v) is 2.76. The lowest BCUT2D eigenvalue weighted by molar-refractivity contribution is -0.127. The van der Waals surface area contributed by atoms with Crippen LogP contribution in [0.3, 0.4) is 0 Å². The zero-order valence-corrected chi connectivity index (χ0v) is 14.8. The number of benzene rings is 1. The molecule has 0 atom stereocenters. The molecular formula is C19H26N2O4. The molecule has 1 aromatic carbocycles. The average Bonchev–Trinajstić information content (AvgIpc) is 3.02. The summed E-state index contributed by atoms with van der Waals surface area (Å²) in [6.45, 7) is 5.69. The molecule has 0 unspecified atom stereocenters. The van der Waals surface area contributed by atoms with Crippen LogP contribution in [0.1, 0.15) is 24.8 Å². The summed E-state index contributed by atoms with van der Waals surface area (Å²) in [4.78, 5) is 25.2. The van der Waals surface area contributed by atoms with Crippen LogP contribution in [-0.2, 0) is 16.0 Å². The van der Waals surface area contributed by atoms with Crippen molar-refractivity contribution in [2.75, 3.05) is 33.4 Å². The molecule has 1 aliphatic heterocycles. The van der Waals surface area contributed by atoms with Crippen LogP contribution in [-0.4, -0.2) is 50.1 Å². The van der Waals surface area contributed by atoms with E-state index in [4.69, 9.17) is 9.47 Å². The van der Waals surface area contributed by atoms with E-state index in [0.717, 1.165) is 31.4 Å². The van der Waals surface area contributed by atoms with Crippen LogP contribution < -0.4 is 14.8 Å². The van der Waals surface area contributed by atoms with E-state index >= 15 is 0 Å². The van der Waals surface area contributed by atoms with Gasteiger partial charge in [0.15, 0.2) is 18.1 Å². The summed E-state index contributed by atoms with van der Waals surface area (Å²) in [5, 5.41) is 2.80. The molecule has 1 aromatic rings. The normalized spacial score (nSPS) is 13.6. The number of hydrogen-bond acceptors (Lipinski definition) is 4. The number of allylic oxidation sites excluding steroid dienone is 1. The quantitative estimate of drug-likeness (QED) is 0.519. The summed E-state index contributed by atoms with van der Waals surface area (Å²) in [7, 11) is 1.57. The van der Waals surface area contributed by atoms with Crippen LogP contribution in [0.25, 0.3) is 0 Å². The molecule has 0 bridgehead atoms. The largest absolute Gasteiger partial charge is 0.493 e. The van der Waals surface area contributed by atoms with Crippen molar-refractivity contribution in [3.8, 4) is 11.5 Å². The molecule has 1 heterocycles. The molecule has 0 aromatic heterocycles. The minimum absolute atomic E-state index is 0.0696. The summed E-state index contributed by atoms with van der Waals surface area (Å²) in [6.07, 6.45) is 4.90. The Bertz CT molecular complexity index is 615. The molecular weight excluding hydrogens is 320 g/mol. The molecule has 0 aliphatic carbocycles. The van der Waals surface area contributed by atoms with E-state index in [9.17, 15) is 9.59 Å². The molecule has 0 radical (unpaired) electrons. The predicted octanol–water partition coefficient (Wildman–Crippen LogP) is 1.93. The molecule has 6 heteroatoms. The van der Waals surface area contributed by atoms with Gasteiger partial charge in [0.1, 0.15) is 0 Å². The van der Waals surface area contributed by atoms with Crippen LogP contribution in [0, 0.1) is 0 Å². The van der Waals surface area contributed by atoms with E-state index in [0.29, 0.717) is 31.0 Å². The molecule has 0 saturated carbocycles. The van der Waals surface area contributed by atoms with Gasteiger partial charge >= 0.3 is 0 Å². The van der Waals surface area contributed by atoms with Crippen LogP contribution in [0.4, 0.5) is 0 Å². The minimum atomic E-state index is -0.190. The maximum Gasteiger partial charge on any atom is 0.257 e. The molecule has 136 valence electrons. The number of rotatable bonds is 10. The highest BCUT2D eigenvalue weighted by Crippen LogP contribution is 2.28. The number of carbonyl (C=O) groups excluding carboxylic acids is 2. The van der Waals surface area contributed by atoms with Crippen molar-refractivity contribution in [2.24, 2.45) is 0 Å². The monoisotopic (exact) mass is 346 g/mol. The number of amides is 2. The average molecular weight is 346 g/mol. The van der Waals surface area contributed by atoms with Crippen molar-refractivity contribution in [3.05, 3.63) is 36.4 Å². The second-order valence-electron chi connectivity index (χ2n) is 5.95. The first-order valence-corrected chi connectivity index (χ1v) is 8.59. The van der Waals surface area contributed by atoms with Gasteiger partial charge in [-0.3, -0.25) is 9.59 Å². The number of hydrogen-bond donors (Lipinski definition) is 1. The van der Waals surface area contributed by atoms with E-state index in [1.807, 2.05) is 23.1 Å². The van der Waals surface area contributed by atoms with Gasteiger partial charge in [0, 0.05) is 26.1 Å². The Morgan fingerprint density at radius 1 is 1.40 bits per heavy atom. The minimum Gasteiger partial charge on any atom is -0.493 e. The molecule has 1 N–H and O–H groups in total. The molecule has 1 saturated heterocycles. The number of methoxy groups -OCH3 is 1. The first kappa shape index (κ1) is 18.8. The highest BCUT2D eigenvalue weighted by Gasteiger charge is 2.19. The van der Waals surface area contributed by atoms with Gasteiger partial charge in [-0.15, -0.1) is 6.58 Å². The van der Waals surface area contributed by atoms with Crippen molar-refractivity contribution in [3.63, 3.8) is 0 Å². The third-order valence-electron chi connectivity index (χ3n) is 4.07. The van der Waals surface area contributed by atoms with Crippen LogP contribution >= 0.6 is 0 Å². The molecule has 1 fully saturated rings. The Balaban J connectivity index is 1.70. The second-order valence-corrected chi connectivity index (χ2v) is 5.95. The number of nitrogens with zero attached hydrogens (tertiary/aromatic N) is 1. The number of ether oxygens (including phenoxy) is 2. The molecule has 25 heavy (non-hydrogen) atoms. The van der Waals surface area contributed by atoms with Gasteiger partial charge in [0.05, 0.1) is 7.11 Å². The summed E-state index contributed by atoms with van der Waals surface area (Å²) in [6, 6.07) is 5.59.